The Morgan fingerprint density at radius 3 is 2.84 bits per heavy atom. The molecular weight excluding hydrogens is 426 g/mol. The predicted molar refractivity (Wildman–Crippen MR) is 127 cm³/mol. The summed E-state index contributed by atoms with van der Waals surface area (Å²) in [6.07, 6.45) is 2.61. The second-order valence-electron chi connectivity index (χ2n) is 7.84. The Labute approximate surface area is 192 Å². The molecule has 1 aromatic heterocycles. The molecule has 4 rings (SSSR count). The van der Waals surface area contributed by atoms with Crippen LogP contribution in [-0.2, 0) is 0 Å². The Bertz CT molecular complexity index is 1090. The Kier molecular flexibility index (Phi) is 6.93. The molecule has 1 fully saturated rings. The number of rotatable bonds is 7. The van der Waals surface area contributed by atoms with Crippen molar-refractivity contribution in [3.05, 3.63) is 76.9 Å². The largest absolute Gasteiger partial charge is 0.472 e. The van der Waals surface area contributed by atoms with E-state index in [1.54, 1.807) is 6.20 Å². The fourth-order valence-electron chi connectivity index (χ4n) is 3.86. The number of amides is 1. The summed E-state index contributed by atoms with van der Waals surface area (Å²) >= 11 is 6.38. The zero-order chi connectivity index (χ0) is 22.5. The number of carbonyl (C=O) groups excluding carboxylic acids is 1. The van der Waals surface area contributed by atoms with Crippen molar-refractivity contribution < 1.29 is 14.6 Å². The summed E-state index contributed by atoms with van der Waals surface area (Å²) in [4.78, 5) is 19.4. The Morgan fingerprint density at radius 1 is 1.25 bits per heavy atom. The summed E-state index contributed by atoms with van der Waals surface area (Å²) in [6.45, 7) is 3.49. The maximum atomic E-state index is 12.9. The highest BCUT2D eigenvalue weighted by Crippen LogP contribution is 2.33. The average molecular weight is 452 g/mol. The van der Waals surface area contributed by atoms with Crippen LogP contribution in [0.1, 0.15) is 22.3 Å². The lowest BCUT2D eigenvalue weighted by Gasteiger charge is -2.23. The Hall–Kier alpha value is -3.09. The van der Waals surface area contributed by atoms with Gasteiger partial charge in [0.15, 0.2) is 0 Å². The molecule has 166 valence electrons. The molecule has 3 aromatic rings. The molecule has 0 bridgehead atoms. The van der Waals surface area contributed by atoms with E-state index in [-0.39, 0.29) is 25.2 Å². The number of anilines is 1. The lowest BCUT2D eigenvalue weighted by atomic mass is 10.0. The van der Waals surface area contributed by atoms with Crippen molar-refractivity contribution in [1.82, 2.24) is 10.3 Å². The van der Waals surface area contributed by atoms with Gasteiger partial charge in [0.1, 0.15) is 6.10 Å². The summed E-state index contributed by atoms with van der Waals surface area (Å²) in [7, 11) is 0. The van der Waals surface area contributed by atoms with Gasteiger partial charge in [-0.15, -0.1) is 0 Å². The van der Waals surface area contributed by atoms with Gasteiger partial charge in [0.2, 0.25) is 5.88 Å². The fourth-order valence-corrected chi connectivity index (χ4v) is 4.10. The van der Waals surface area contributed by atoms with Crippen LogP contribution in [0.4, 0.5) is 5.69 Å². The molecular formula is C25H26ClN3O3. The fraction of sp³-hybridized carbons (Fsp3) is 0.280. The quantitative estimate of drug-likeness (QED) is 0.566. The first kappa shape index (κ1) is 22.1. The van der Waals surface area contributed by atoms with E-state index in [4.69, 9.17) is 21.4 Å². The smallest absolute Gasteiger partial charge is 0.253 e. The van der Waals surface area contributed by atoms with Crippen LogP contribution in [-0.4, -0.2) is 48.3 Å². The summed E-state index contributed by atoms with van der Waals surface area (Å²) in [5, 5.41) is 12.5. The minimum atomic E-state index is -0.229. The standard InChI is InChI=1S/C25H26ClN3O3/c1-17-6-9-24(28-15-17)32-19-10-12-29(16-19)23-8-7-18(20-4-2-3-5-22(20)26)14-21(23)25(31)27-11-13-30/h2-9,14-15,19,30H,10-13,16H2,1H3,(H,27,31)/t19-/m0/s1. The molecule has 2 aromatic carbocycles. The first-order chi connectivity index (χ1) is 15.5. The number of ether oxygens (including phenoxy) is 1. The van der Waals surface area contributed by atoms with E-state index in [1.807, 2.05) is 61.5 Å². The number of hydrogen-bond donors (Lipinski definition) is 2. The number of aliphatic hydroxyl groups is 1. The minimum Gasteiger partial charge on any atom is -0.472 e. The molecule has 1 aliphatic heterocycles. The number of nitrogens with zero attached hydrogens (tertiary/aromatic N) is 2. The number of aryl methyl sites for hydroxylation is 1. The number of nitrogens with one attached hydrogen (secondary N) is 1. The summed E-state index contributed by atoms with van der Waals surface area (Å²) in [5.41, 5.74) is 4.20. The maximum Gasteiger partial charge on any atom is 0.253 e. The molecule has 6 nitrogen and oxygen atoms in total. The Morgan fingerprint density at radius 2 is 2.09 bits per heavy atom. The molecule has 0 saturated carbocycles. The highest BCUT2D eigenvalue weighted by molar-refractivity contribution is 6.33. The van der Waals surface area contributed by atoms with Gasteiger partial charge in [-0.1, -0.05) is 41.9 Å². The molecule has 7 heteroatoms. The number of pyridine rings is 1. The lowest BCUT2D eigenvalue weighted by Crippen LogP contribution is -2.30. The molecule has 0 spiro atoms. The number of benzene rings is 2. The van der Waals surface area contributed by atoms with E-state index in [9.17, 15) is 4.79 Å². The van der Waals surface area contributed by atoms with Gasteiger partial charge in [-0.25, -0.2) is 4.98 Å². The van der Waals surface area contributed by atoms with Gasteiger partial charge in [-0.3, -0.25) is 4.79 Å². The number of halogens is 1. The molecule has 2 heterocycles. The monoisotopic (exact) mass is 451 g/mol. The van der Waals surface area contributed by atoms with E-state index in [0.717, 1.165) is 35.3 Å². The number of carbonyl (C=O) groups is 1. The Balaban J connectivity index is 1.59. The lowest BCUT2D eigenvalue weighted by molar-refractivity contribution is 0.0945. The molecule has 1 amide bonds. The first-order valence-corrected chi connectivity index (χ1v) is 11.0. The topological polar surface area (TPSA) is 74.7 Å². The van der Waals surface area contributed by atoms with Crippen molar-refractivity contribution in [2.45, 2.75) is 19.4 Å². The number of hydrogen-bond acceptors (Lipinski definition) is 5. The van der Waals surface area contributed by atoms with Gasteiger partial charge in [0.05, 0.1) is 18.7 Å². The second-order valence-corrected chi connectivity index (χ2v) is 8.25. The van der Waals surface area contributed by atoms with Crippen LogP contribution in [0.3, 0.4) is 0 Å². The van der Waals surface area contributed by atoms with Crippen LogP contribution >= 0.6 is 11.6 Å². The predicted octanol–water partition coefficient (Wildman–Crippen LogP) is 4.09. The van der Waals surface area contributed by atoms with Gasteiger partial charge < -0.3 is 20.1 Å². The zero-order valence-corrected chi connectivity index (χ0v) is 18.7. The molecule has 1 saturated heterocycles. The second kappa shape index (κ2) is 10.0. The third-order valence-electron chi connectivity index (χ3n) is 5.48. The van der Waals surface area contributed by atoms with Crippen LogP contribution in [0, 0.1) is 6.92 Å². The van der Waals surface area contributed by atoms with Gasteiger partial charge in [-0.2, -0.15) is 0 Å². The molecule has 1 aliphatic rings. The molecule has 0 unspecified atom stereocenters. The highest BCUT2D eigenvalue weighted by Gasteiger charge is 2.27. The van der Waals surface area contributed by atoms with Gasteiger partial charge in [0.25, 0.3) is 5.91 Å². The number of aliphatic hydroxyl groups excluding tert-OH is 1. The summed E-state index contributed by atoms with van der Waals surface area (Å²) < 4.78 is 6.05. The summed E-state index contributed by atoms with van der Waals surface area (Å²) in [6, 6.07) is 17.2. The van der Waals surface area contributed by atoms with Gasteiger partial charge >= 0.3 is 0 Å². The highest BCUT2D eigenvalue weighted by atomic mass is 35.5. The number of aromatic nitrogens is 1. The summed E-state index contributed by atoms with van der Waals surface area (Å²) in [5.74, 6) is 0.380. The van der Waals surface area contributed by atoms with Crippen molar-refractivity contribution in [2.24, 2.45) is 0 Å². The SMILES string of the molecule is Cc1ccc(O[C@H]2CCN(c3ccc(-c4ccccc4Cl)cc3C(=O)NCCO)C2)nc1. The molecule has 0 aliphatic carbocycles. The normalized spacial score (nSPS) is 15.6. The third-order valence-corrected chi connectivity index (χ3v) is 5.81. The van der Waals surface area contributed by atoms with Crippen LogP contribution in [0.2, 0.25) is 5.02 Å². The molecule has 2 N–H and O–H groups in total. The van der Waals surface area contributed by atoms with E-state index in [1.165, 1.54) is 0 Å². The van der Waals surface area contributed by atoms with Crippen molar-refractivity contribution >= 4 is 23.2 Å². The van der Waals surface area contributed by atoms with Crippen molar-refractivity contribution in [3.63, 3.8) is 0 Å². The van der Waals surface area contributed by atoms with Crippen LogP contribution in [0.25, 0.3) is 11.1 Å². The van der Waals surface area contributed by atoms with Crippen LogP contribution in [0.15, 0.2) is 60.8 Å². The minimum absolute atomic E-state index is 0.0122. The zero-order valence-electron chi connectivity index (χ0n) is 17.9. The van der Waals surface area contributed by atoms with Crippen molar-refractivity contribution in [1.29, 1.82) is 0 Å². The first-order valence-electron chi connectivity index (χ1n) is 10.7. The molecule has 32 heavy (non-hydrogen) atoms. The maximum absolute atomic E-state index is 12.9. The van der Waals surface area contributed by atoms with E-state index in [0.29, 0.717) is 23.0 Å². The molecule has 1 atom stereocenters. The average Bonchev–Trinajstić information content (AvgIpc) is 3.27. The van der Waals surface area contributed by atoms with Crippen LogP contribution in [0.5, 0.6) is 5.88 Å². The van der Waals surface area contributed by atoms with E-state index in [2.05, 4.69) is 15.2 Å². The van der Waals surface area contributed by atoms with Gasteiger partial charge in [-0.05, 0) is 36.2 Å². The van der Waals surface area contributed by atoms with E-state index < -0.39 is 0 Å². The van der Waals surface area contributed by atoms with Crippen LogP contribution < -0.4 is 15.0 Å². The van der Waals surface area contributed by atoms with Crippen molar-refractivity contribution in [3.8, 4) is 17.0 Å². The third kappa shape index (κ3) is 5.03. The van der Waals surface area contributed by atoms with Crippen molar-refractivity contribution in [2.75, 3.05) is 31.1 Å². The van der Waals surface area contributed by atoms with Gasteiger partial charge in [0, 0.05) is 48.0 Å². The molecule has 0 radical (unpaired) electrons. The van der Waals surface area contributed by atoms with E-state index >= 15 is 0 Å².